The zero-order chi connectivity index (χ0) is 25.0. The molecule has 1 saturated heterocycles. The molecule has 0 aromatic heterocycles. The van der Waals surface area contributed by atoms with E-state index in [4.69, 9.17) is 4.74 Å². The Kier molecular flexibility index (Phi) is 11.6. The number of rotatable bonds is 12. The van der Waals surface area contributed by atoms with Crippen molar-refractivity contribution in [2.75, 3.05) is 52.9 Å². The molecule has 1 heterocycles. The lowest BCUT2D eigenvalue weighted by Crippen LogP contribution is -2.50. The minimum absolute atomic E-state index is 0.0501. The Morgan fingerprint density at radius 3 is 2.44 bits per heavy atom. The summed E-state index contributed by atoms with van der Waals surface area (Å²) in [5.41, 5.74) is 0.957. The number of hydrogen-bond donors (Lipinski definition) is 0. The van der Waals surface area contributed by atoms with Crippen molar-refractivity contribution in [2.24, 2.45) is 5.41 Å². The number of hydrogen-bond acceptors (Lipinski definition) is 4. The summed E-state index contributed by atoms with van der Waals surface area (Å²) in [6.45, 7) is 13.9. The van der Waals surface area contributed by atoms with E-state index in [-0.39, 0.29) is 17.2 Å². The molecule has 1 aliphatic rings. The summed E-state index contributed by atoms with van der Waals surface area (Å²) < 4.78 is 5.43. The van der Waals surface area contributed by atoms with Crippen molar-refractivity contribution in [1.82, 2.24) is 14.7 Å². The molecule has 190 valence electrons. The van der Waals surface area contributed by atoms with Crippen molar-refractivity contribution in [3.05, 3.63) is 35.9 Å². The van der Waals surface area contributed by atoms with Gasteiger partial charge in [0.05, 0.1) is 7.11 Å². The Bertz CT molecular complexity index is 792. The summed E-state index contributed by atoms with van der Waals surface area (Å²) in [5, 5.41) is 0. The number of nitrogens with zero attached hydrogens (tertiary/aromatic N) is 3. The molecule has 0 spiro atoms. The maximum atomic E-state index is 13.1. The van der Waals surface area contributed by atoms with Crippen molar-refractivity contribution in [2.45, 2.75) is 59.8 Å². The second-order valence-corrected chi connectivity index (χ2v) is 10.4. The SMILES string of the molecule is CCCCCC(=O)N1CCN(CCN(C/C=C/c2ccccc2OC)C(=O)CC(C)(C)C)CC1. The van der Waals surface area contributed by atoms with Crippen molar-refractivity contribution < 1.29 is 14.3 Å². The third kappa shape index (κ3) is 9.88. The van der Waals surface area contributed by atoms with Gasteiger partial charge in [-0.2, -0.15) is 0 Å². The van der Waals surface area contributed by atoms with Crippen molar-refractivity contribution in [1.29, 1.82) is 0 Å². The molecule has 2 rings (SSSR count). The lowest BCUT2D eigenvalue weighted by Gasteiger charge is -2.36. The van der Waals surface area contributed by atoms with Crippen LogP contribution in [0.15, 0.2) is 30.3 Å². The van der Waals surface area contributed by atoms with Crippen LogP contribution in [0.25, 0.3) is 6.08 Å². The quantitative estimate of drug-likeness (QED) is 0.415. The van der Waals surface area contributed by atoms with Crippen LogP contribution >= 0.6 is 0 Å². The van der Waals surface area contributed by atoms with E-state index in [0.29, 0.717) is 25.9 Å². The highest BCUT2D eigenvalue weighted by atomic mass is 16.5. The van der Waals surface area contributed by atoms with Crippen LogP contribution in [0.4, 0.5) is 0 Å². The predicted molar refractivity (Wildman–Crippen MR) is 140 cm³/mol. The van der Waals surface area contributed by atoms with E-state index in [9.17, 15) is 9.59 Å². The van der Waals surface area contributed by atoms with Crippen molar-refractivity contribution in [3.8, 4) is 5.75 Å². The van der Waals surface area contributed by atoms with Gasteiger partial charge in [-0.25, -0.2) is 0 Å². The predicted octanol–water partition coefficient (Wildman–Crippen LogP) is 4.70. The first-order chi connectivity index (χ1) is 16.2. The van der Waals surface area contributed by atoms with Crippen LogP contribution in [0.5, 0.6) is 5.75 Å². The van der Waals surface area contributed by atoms with Crippen LogP contribution in [0.1, 0.15) is 65.4 Å². The fourth-order valence-electron chi connectivity index (χ4n) is 4.16. The normalized spacial score (nSPS) is 15.0. The summed E-state index contributed by atoms with van der Waals surface area (Å²) in [4.78, 5) is 31.8. The zero-order valence-corrected chi connectivity index (χ0v) is 22.0. The number of ether oxygens (including phenoxy) is 1. The summed E-state index contributed by atoms with van der Waals surface area (Å²) >= 11 is 0. The molecule has 0 radical (unpaired) electrons. The molecule has 6 heteroatoms. The highest BCUT2D eigenvalue weighted by Gasteiger charge is 2.23. The van der Waals surface area contributed by atoms with Crippen LogP contribution in [0, 0.1) is 5.41 Å². The Hall–Kier alpha value is -2.34. The molecule has 0 bridgehead atoms. The molecule has 0 aliphatic carbocycles. The molecule has 0 unspecified atom stereocenters. The first kappa shape index (κ1) is 27.9. The van der Waals surface area contributed by atoms with Gasteiger partial charge in [0.15, 0.2) is 0 Å². The molecule has 1 aliphatic heterocycles. The Balaban J connectivity index is 1.90. The minimum atomic E-state index is -0.0501. The van der Waals surface area contributed by atoms with E-state index >= 15 is 0 Å². The highest BCUT2D eigenvalue weighted by molar-refractivity contribution is 5.77. The second-order valence-electron chi connectivity index (χ2n) is 10.4. The molecule has 1 fully saturated rings. The molecule has 0 saturated carbocycles. The van der Waals surface area contributed by atoms with E-state index in [1.807, 2.05) is 46.2 Å². The summed E-state index contributed by atoms with van der Waals surface area (Å²) in [6.07, 6.45) is 8.51. The fraction of sp³-hybridized carbons (Fsp3) is 0.643. The third-order valence-electron chi connectivity index (χ3n) is 6.20. The number of para-hydroxylation sites is 1. The van der Waals surface area contributed by atoms with Gasteiger partial charge in [0, 0.05) is 64.2 Å². The average molecular weight is 472 g/mol. The number of piperazine rings is 1. The van der Waals surface area contributed by atoms with Gasteiger partial charge in [0.25, 0.3) is 0 Å². The third-order valence-corrected chi connectivity index (χ3v) is 6.20. The first-order valence-electron chi connectivity index (χ1n) is 12.8. The van der Waals surface area contributed by atoms with Crippen LogP contribution in [-0.4, -0.2) is 79.4 Å². The van der Waals surface area contributed by atoms with Gasteiger partial charge in [-0.1, -0.05) is 70.9 Å². The monoisotopic (exact) mass is 471 g/mol. The van der Waals surface area contributed by atoms with E-state index < -0.39 is 0 Å². The van der Waals surface area contributed by atoms with Crippen molar-refractivity contribution in [3.63, 3.8) is 0 Å². The Labute approximate surface area is 206 Å². The number of unbranched alkanes of at least 4 members (excludes halogenated alkanes) is 2. The molecule has 34 heavy (non-hydrogen) atoms. The Morgan fingerprint density at radius 2 is 1.79 bits per heavy atom. The smallest absolute Gasteiger partial charge is 0.223 e. The Morgan fingerprint density at radius 1 is 1.09 bits per heavy atom. The standard InChI is InChI=1S/C28H45N3O3/c1-6-7-8-15-26(32)31-21-18-29(19-22-31)17-20-30(27(33)23-28(2,3)4)16-11-13-24-12-9-10-14-25(24)34-5/h9-14H,6-8,15-23H2,1-5H3/b13-11+. The summed E-state index contributed by atoms with van der Waals surface area (Å²) in [7, 11) is 1.67. The topological polar surface area (TPSA) is 53.1 Å². The fourth-order valence-corrected chi connectivity index (χ4v) is 4.16. The minimum Gasteiger partial charge on any atom is -0.496 e. The van der Waals surface area contributed by atoms with Gasteiger partial charge in [-0.3, -0.25) is 14.5 Å². The van der Waals surface area contributed by atoms with E-state index in [2.05, 4.69) is 32.6 Å². The van der Waals surface area contributed by atoms with Gasteiger partial charge >= 0.3 is 0 Å². The van der Waals surface area contributed by atoms with Crippen LogP contribution < -0.4 is 4.74 Å². The molecule has 0 N–H and O–H groups in total. The number of benzene rings is 1. The summed E-state index contributed by atoms with van der Waals surface area (Å²) in [5.74, 6) is 1.30. The number of amides is 2. The largest absolute Gasteiger partial charge is 0.496 e. The van der Waals surface area contributed by atoms with Crippen molar-refractivity contribution >= 4 is 17.9 Å². The molecule has 1 aromatic carbocycles. The molecule has 2 amide bonds. The number of carbonyl (C=O) groups excluding carboxylic acids is 2. The lowest BCUT2D eigenvalue weighted by atomic mass is 9.91. The molecule has 0 atom stereocenters. The van der Waals surface area contributed by atoms with Gasteiger partial charge in [-0.05, 0) is 17.9 Å². The average Bonchev–Trinajstić information content (AvgIpc) is 2.80. The van der Waals surface area contributed by atoms with Gasteiger partial charge in [0.1, 0.15) is 5.75 Å². The zero-order valence-electron chi connectivity index (χ0n) is 22.0. The van der Waals surface area contributed by atoms with E-state index in [0.717, 1.165) is 63.3 Å². The van der Waals surface area contributed by atoms with E-state index in [1.165, 1.54) is 0 Å². The van der Waals surface area contributed by atoms with Gasteiger partial charge < -0.3 is 14.5 Å². The van der Waals surface area contributed by atoms with Gasteiger partial charge in [0.2, 0.25) is 11.8 Å². The highest BCUT2D eigenvalue weighted by Crippen LogP contribution is 2.21. The van der Waals surface area contributed by atoms with Crippen LogP contribution in [-0.2, 0) is 9.59 Å². The second kappa shape index (κ2) is 14.1. The molecule has 6 nitrogen and oxygen atoms in total. The molecular weight excluding hydrogens is 426 g/mol. The first-order valence-corrected chi connectivity index (χ1v) is 12.8. The number of carbonyl (C=O) groups is 2. The maximum Gasteiger partial charge on any atom is 0.223 e. The van der Waals surface area contributed by atoms with E-state index in [1.54, 1.807) is 7.11 Å². The molecular formula is C28H45N3O3. The lowest BCUT2D eigenvalue weighted by molar-refractivity contribution is -0.133. The molecule has 1 aromatic rings. The van der Waals surface area contributed by atoms with Crippen LogP contribution in [0.3, 0.4) is 0 Å². The summed E-state index contributed by atoms with van der Waals surface area (Å²) in [6, 6.07) is 7.89. The maximum absolute atomic E-state index is 13.1. The van der Waals surface area contributed by atoms with Crippen LogP contribution in [0.2, 0.25) is 0 Å². The van der Waals surface area contributed by atoms with Gasteiger partial charge in [-0.15, -0.1) is 0 Å². The number of methoxy groups -OCH3 is 1.